The number of halogens is 2. The van der Waals surface area contributed by atoms with E-state index in [0.29, 0.717) is 23.0 Å². The number of rotatable bonds is 5. The number of carbonyl (C=O) groups is 1. The second-order valence-electron chi connectivity index (χ2n) is 3.49. The maximum absolute atomic E-state index is 12.1. The van der Waals surface area contributed by atoms with Crippen LogP contribution in [0.4, 0.5) is 0 Å². The van der Waals surface area contributed by atoms with Crippen LogP contribution in [0.2, 0.25) is 5.02 Å². The first-order valence-electron chi connectivity index (χ1n) is 5.29. The Morgan fingerprint density at radius 1 is 1.25 bits per heavy atom. The highest BCUT2D eigenvalue weighted by molar-refractivity contribution is 6.30. The molecule has 4 heteroatoms. The molecule has 0 N–H and O–H groups in total. The Balaban J connectivity index is 2.77. The van der Waals surface area contributed by atoms with E-state index < -0.39 is 0 Å². The van der Waals surface area contributed by atoms with E-state index in [2.05, 4.69) is 0 Å². The lowest BCUT2D eigenvalue weighted by atomic mass is 10.2. The standard InChI is InChI=1S/C12H15Cl2NO/c1-2-8-15(9-7-13)12(16)10-3-5-11(14)6-4-10/h3-6H,2,7-9H2,1H3. The molecule has 1 amide bonds. The quantitative estimate of drug-likeness (QED) is 0.743. The first kappa shape index (κ1) is 13.3. The Bertz CT molecular complexity index is 331. The number of carbonyl (C=O) groups excluding carboxylic acids is 1. The second-order valence-corrected chi connectivity index (χ2v) is 4.30. The van der Waals surface area contributed by atoms with Crippen molar-refractivity contribution in [1.29, 1.82) is 0 Å². The van der Waals surface area contributed by atoms with Crippen molar-refractivity contribution in [3.8, 4) is 0 Å². The summed E-state index contributed by atoms with van der Waals surface area (Å²) in [4.78, 5) is 13.8. The number of alkyl halides is 1. The molecule has 1 aromatic rings. The fraction of sp³-hybridized carbons (Fsp3) is 0.417. The molecule has 0 heterocycles. The monoisotopic (exact) mass is 259 g/mol. The molecular formula is C12H15Cl2NO. The molecule has 0 atom stereocenters. The van der Waals surface area contributed by atoms with E-state index in [1.165, 1.54) is 0 Å². The van der Waals surface area contributed by atoms with Gasteiger partial charge in [0, 0.05) is 29.6 Å². The van der Waals surface area contributed by atoms with Crippen LogP contribution in [0.15, 0.2) is 24.3 Å². The van der Waals surface area contributed by atoms with Crippen molar-refractivity contribution in [3.63, 3.8) is 0 Å². The van der Waals surface area contributed by atoms with Gasteiger partial charge < -0.3 is 4.90 Å². The maximum atomic E-state index is 12.1. The third-order valence-electron chi connectivity index (χ3n) is 2.23. The smallest absolute Gasteiger partial charge is 0.253 e. The molecule has 1 rings (SSSR count). The van der Waals surface area contributed by atoms with E-state index in [-0.39, 0.29) is 5.91 Å². The Hall–Kier alpha value is -0.730. The molecular weight excluding hydrogens is 245 g/mol. The van der Waals surface area contributed by atoms with Gasteiger partial charge >= 0.3 is 0 Å². The van der Waals surface area contributed by atoms with Crippen LogP contribution in [0.1, 0.15) is 23.7 Å². The van der Waals surface area contributed by atoms with Crippen LogP contribution in [-0.2, 0) is 0 Å². The molecule has 0 aliphatic rings. The lowest BCUT2D eigenvalue weighted by Gasteiger charge is -2.20. The fourth-order valence-electron chi connectivity index (χ4n) is 1.46. The molecule has 0 saturated heterocycles. The summed E-state index contributed by atoms with van der Waals surface area (Å²) in [7, 11) is 0. The van der Waals surface area contributed by atoms with Gasteiger partial charge in [-0.25, -0.2) is 0 Å². The summed E-state index contributed by atoms with van der Waals surface area (Å²) in [6, 6.07) is 6.92. The van der Waals surface area contributed by atoms with E-state index in [9.17, 15) is 4.79 Å². The fourth-order valence-corrected chi connectivity index (χ4v) is 1.79. The highest BCUT2D eigenvalue weighted by Gasteiger charge is 2.13. The molecule has 0 spiro atoms. The van der Waals surface area contributed by atoms with Crippen molar-refractivity contribution in [2.24, 2.45) is 0 Å². The average Bonchev–Trinajstić information content (AvgIpc) is 2.29. The van der Waals surface area contributed by atoms with E-state index in [1.54, 1.807) is 29.2 Å². The zero-order valence-corrected chi connectivity index (χ0v) is 10.8. The van der Waals surface area contributed by atoms with Crippen LogP contribution in [0.3, 0.4) is 0 Å². The van der Waals surface area contributed by atoms with Crippen LogP contribution >= 0.6 is 23.2 Å². The summed E-state index contributed by atoms with van der Waals surface area (Å²) in [5.41, 5.74) is 0.656. The molecule has 0 unspecified atom stereocenters. The van der Waals surface area contributed by atoms with Crippen molar-refractivity contribution in [3.05, 3.63) is 34.9 Å². The van der Waals surface area contributed by atoms with Gasteiger partial charge in [0.2, 0.25) is 0 Å². The van der Waals surface area contributed by atoms with Gasteiger partial charge in [0.25, 0.3) is 5.91 Å². The van der Waals surface area contributed by atoms with Crippen LogP contribution in [0, 0.1) is 0 Å². The van der Waals surface area contributed by atoms with Gasteiger partial charge in [0.1, 0.15) is 0 Å². The molecule has 0 radical (unpaired) electrons. The number of hydrogen-bond acceptors (Lipinski definition) is 1. The Kier molecular flexibility index (Phi) is 5.64. The molecule has 0 aliphatic carbocycles. The Morgan fingerprint density at radius 2 is 1.88 bits per heavy atom. The number of benzene rings is 1. The second kappa shape index (κ2) is 6.77. The van der Waals surface area contributed by atoms with Crippen LogP contribution in [0.5, 0.6) is 0 Å². The summed E-state index contributed by atoms with van der Waals surface area (Å²) in [5, 5.41) is 0.635. The summed E-state index contributed by atoms with van der Waals surface area (Å²) >= 11 is 11.4. The molecule has 0 aliphatic heterocycles. The average molecular weight is 260 g/mol. The molecule has 1 aromatic carbocycles. The van der Waals surface area contributed by atoms with E-state index >= 15 is 0 Å². The highest BCUT2D eigenvalue weighted by Crippen LogP contribution is 2.12. The molecule has 2 nitrogen and oxygen atoms in total. The molecule has 88 valence electrons. The molecule has 0 saturated carbocycles. The summed E-state index contributed by atoms with van der Waals surface area (Å²) in [5.74, 6) is 0.471. The predicted molar refractivity (Wildman–Crippen MR) is 68.4 cm³/mol. The van der Waals surface area contributed by atoms with Gasteiger partial charge in [0.15, 0.2) is 0 Å². The van der Waals surface area contributed by atoms with Crippen LogP contribution < -0.4 is 0 Å². The summed E-state index contributed by atoms with van der Waals surface area (Å²) in [6.45, 7) is 3.35. The summed E-state index contributed by atoms with van der Waals surface area (Å²) in [6.07, 6.45) is 0.927. The normalized spacial score (nSPS) is 10.2. The van der Waals surface area contributed by atoms with Crippen molar-refractivity contribution in [2.45, 2.75) is 13.3 Å². The lowest BCUT2D eigenvalue weighted by Crippen LogP contribution is -2.33. The van der Waals surface area contributed by atoms with Gasteiger partial charge in [-0.05, 0) is 30.7 Å². The van der Waals surface area contributed by atoms with Crippen LogP contribution in [-0.4, -0.2) is 29.8 Å². The van der Waals surface area contributed by atoms with Crippen molar-refractivity contribution in [1.82, 2.24) is 4.90 Å². The van der Waals surface area contributed by atoms with Gasteiger partial charge in [-0.1, -0.05) is 18.5 Å². The van der Waals surface area contributed by atoms with Crippen molar-refractivity contribution < 1.29 is 4.79 Å². The van der Waals surface area contributed by atoms with Gasteiger partial charge in [-0.15, -0.1) is 11.6 Å². The highest BCUT2D eigenvalue weighted by atomic mass is 35.5. The Labute approximate surface area is 106 Å². The Morgan fingerprint density at radius 3 is 2.38 bits per heavy atom. The van der Waals surface area contributed by atoms with E-state index in [0.717, 1.165) is 13.0 Å². The third-order valence-corrected chi connectivity index (χ3v) is 2.65. The molecule has 0 bridgehead atoms. The molecule has 0 aromatic heterocycles. The van der Waals surface area contributed by atoms with Gasteiger partial charge in [0.05, 0.1) is 0 Å². The number of hydrogen-bond donors (Lipinski definition) is 0. The van der Waals surface area contributed by atoms with E-state index in [1.807, 2.05) is 6.92 Å². The number of nitrogens with zero attached hydrogens (tertiary/aromatic N) is 1. The van der Waals surface area contributed by atoms with Crippen molar-refractivity contribution >= 4 is 29.1 Å². The largest absolute Gasteiger partial charge is 0.337 e. The minimum Gasteiger partial charge on any atom is -0.337 e. The zero-order chi connectivity index (χ0) is 12.0. The van der Waals surface area contributed by atoms with E-state index in [4.69, 9.17) is 23.2 Å². The first-order chi connectivity index (χ1) is 7.69. The minimum absolute atomic E-state index is 0.0131. The minimum atomic E-state index is 0.0131. The van der Waals surface area contributed by atoms with Crippen molar-refractivity contribution in [2.75, 3.05) is 19.0 Å². The molecule has 0 fully saturated rings. The molecule has 16 heavy (non-hydrogen) atoms. The summed E-state index contributed by atoms with van der Waals surface area (Å²) < 4.78 is 0. The van der Waals surface area contributed by atoms with Gasteiger partial charge in [-0.3, -0.25) is 4.79 Å². The first-order valence-corrected chi connectivity index (χ1v) is 6.21. The zero-order valence-electron chi connectivity index (χ0n) is 9.25. The predicted octanol–water partition coefficient (Wildman–Crippen LogP) is 3.43. The SMILES string of the molecule is CCCN(CCCl)C(=O)c1ccc(Cl)cc1. The topological polar surface area (TPSA) is 20.3 Å². The maximum Gasteiger partial charge on any atom is 0.253 e. The van der Waals surface area contributed by atoms with Gasteiger partial charge in [-0.2, -0.15) is 0 Å². The lowest BCUT2D eigenvalue weighted by molar-refractivity contribution is 0.0765. The number of amides is 1. The third kappa shape index (κ3) is 3.69. The van der Waals surface area contributed by atoms with Crippen LogP contribution in [0.25, 0.3) is 0 Å².